The van der Waals surface area contributed by atoms with Crippen LogP contribution in [0.5, 0.6) is 0 Å². The molecule has 8 heteroatoms. The molecule has 3 heterocycles. The molecule has 0 saturated carbocycles. The highest BCUT2D eigenvalue weighted by molar-refractivity contribution is 9.10. The van der Waals surface area contributed by atoms with E-state index in [9.17, 15) is 4.79 Å². The van der Waals surface area contributed by atoms with Crippen molar-refractivity contribution in [2.24, 2.45) is 9.98 Å². The minimum absolute atomic E-state index is 0.0800. The van der Waals surface area contributed by atoms with E-state index in [-0.39, 0.29) is 11.7 Å². The summed E-state index contributed by atoms with van der Waals surface area (Å²) in [7, 11) is 0. The predicted octanol–water partition coefficient (Wildman–Crippen LogP) is 5.77. The number of rotatable bonds is 6. The Balaban J connectivity index is 1.30. The summed E-state index contributed by atoms with van der Waals surface area (Å²) in [5, 5.41) is 4.83. The Morgan fingerprint density at radius 1 is 1.11 bits per heavy atom. The fourth-order valence-electron chi connectivity index (χ4n) is 4.56. The van der Waals surface area contributed by atoms with E-state index in [1.807, 2.05) is 42.5 Å². The van der Waals surface area contributed by atoms with Gasteiger partial charge in [0.15, 0.2) is 5.66 Å². The number of pyridine rings is 1. The van der Waals surface area contributed by atoms with Crippen molar-refractivity contribution < 1.29 is 4.79 Å². The quantitative estimate of drug-likeness (QED) is 0.423. The molecule has 2 aliphatic rings. The largest absolute Gasteiger partial charge is 0.324 e. The second-order valence-corrected chi connectivity index (χ2v) is 10.8. The van der Waals surface area contributed by atoms with Gasteiger partial charge in [-0.1, -0.05) is 64.9 Å². The van der Waals surface area contributed by atoms with Crippen LogP contribution in [-0.4, -0.2) is 57.6 Å². The maximum Gasteiger partial charge on any atom is 0.234 e. The highest BCUT2D eigenvalue weighted by Crippen LogP contribution is 2.36. The molecule has 1 fully saturated rings. The van der Waals surface area contributed by atoms with E-state index >= 15 is 0 Å². The van der Waals surface area contributed by atoms with Crippen LogP contribution in [0, 0.1) is 0 Å². The van der Waals surface area contributed by atoms with Crippen LogP contribution in [-0.2, 0) is 4.79 Å². The number of halogens is 1. The molecule has 5 rings (SSSR count). The van der Waals surface area contributed by atoms with Crippen molar-refractivity contribution in [3.05, 3.63) is 70.8 Å². The van der Waals surface area contributed by atoms with Gasteiger partial charge >= 0.3 is 0 Å². The van der Waals surface area contributed by atoms with Gasteiger partial charge in [-0.05, 0) is 37.2 Å². The fraction of sp³-hybridized carbons (Fsp3) is 0.333. The average Bonchev–Trinajstić information content (AvgIpc) is 3.23. The van der Waals surface area contributed by atoms with Gasteiger partial charge in [0.1, 0.15) is 5.04 Å². The second kappa shape index (κ2) is 10.6. The number of benzene rings is 2. The summed E-state index contributed by atoms with van der Waals surface area (Å²) in [6.45, 7) is 5.34. The zero-order chi connectivity index (χ0) is 24.3. The van der Waals surface area contributed by atoms with E-state index in [2.05, 4.69) is 50.2 Å². The Hall–Kier alpha value is -2.55. The van der Waals surface area contributed by atoms with Crippen LogP contribution in [0.25, 0.3) is 10.9 Å². The molecular formula is C27H28BrN5OS. The van der Waals surface area contributed by atoms with Gasteiger partial charge in [0.2, 0.25) is 5.91 Å². The molecule has 180 valence electrons. The maximum absolute atomic E-state index is 12.8. The molecule has 1 aromatic heterocycles. The molecular weight excluding hydrogens is 522 g/mol. The lowest BCUT2D eigenvalue weighted by molar-refractivity contribution is -0.113. The first kappa shape index (κ1) is 24.2. The second-order valence-electron chi connectivity index (χ2n) is 8.96. The minimum atomic E-state index is -0.409. The number of hydrogen-bond acceptors (Lipinski definition) is 6. The van der Waals surface area contributed by atoms with E-state index in [0.29, 0.717) is 5.69 Å². The third-order valence-electron chi connectivity index (χ3n) is 6.36. The molecule has 0 radical (unpaired) electrons. The van der Waals surface area contributed by atoms with Crippen molar-refractivity contribution in [1.29, 1.82) is 0 Å². The highest BCUT2D eigenvalue weighted by atomic mass is 79.9. The zero-order valence-electron chi connectivity index (χ0n) is 19.7. The number of aliphatic imine (C=N–C) groups is 2. The number of anilines is 1. The van der Waals surface area contributed by atoms with Gasteiger partial charge in [0.25, 0.3) is 0 Å². The number of nitrogens with one attached hydrogen (secondary N) is 1. The average molecular weight is 551 g/mol. The zero-order valence-corrected chi connectivity index (χ0v) is 22.1. The lowest BCUT2D eigenvalue weighted by atomic mass is 9.98. The molecule has 0 unspecified atom stereocenters. The Morgan fingerprint density at radius 2 is 1.89 bits per heavy atom. The van der Waals surface area contributed by atoms with Crippen LogP contribution in [0.3, 0.4) is 0 Å². The smallest absolute Gasteiger partial charge is 0.234 e. The molecule has 35 heavy (non-hydrogen) atoms. The molecule has 1 N–H and O–H groups in total. The number of amides is 1. The number of thioether (sulfide) groups is 1. The van der Waals surface area contributed by atoms with E-state index in [0.717, 1.165) is 70.6 Å². The van der Waals surface area contributed by atoms with Crippen LogP contribution >= 0.6 is 27.7 Å². The normalized spacial score (nSPS) is 17.4. The lowest BCUT2D eigenvalue weighted by Gasteiger charge is -2.35. The van der Waals surface area contributed by atoms with E-state index in [1.54, 1.807) is 6.20 Å². The van der Waals surface area contributed by atoms with Crippen LogP contribution in [0.1, 0.15) is 31.7 Å². The number of carbonyl (C=O) groups is 1. The summed E-state index contributed by atoms with van der Waals surface area (Å²) >= 11 is 4.98. The first-order valence-electron chi connectivity index (χ1n) is 12.0. The molecule has 0 atom stereocenters. The van der Waals surface area contributed by atoms with Crippen molar-refractivity contribution in [2.75, 3.05) is 30.7 Å². The summed E-state index contributed by atoms with van der Waals surface area (Å²) in [4.78, 5) is 30.0. The molecule has 1 amide bonds. The molecule has 1 spiro atoms. The van der Waals surface area contributed by atoms with Crippen molar-refractivity contribution in [1.82, 2.24) is 9.88 Å². The van der Waals surface area contributed by atoms with Crippen LogP contribution < -0.4 is 5.32 Å². The van der Waals surface area contributed by atoms with E-state index in [1.165, 1.54) is 11.8 Å². The number of fused-ring (bicyclic) bond motifs is 1. The number of carbonyl (C=O) groups excluding carboxylic acids is 1. The number of para-hydroxylation sites is 1. The van der Waals surface area contributed by atoms with Crippen molar-refractivity contribution in [2.45, 2.75) is 31.8 Å². The van der Waals surface area contributed by atoms with Gasteiger partial charge in [-0.3, -0.25) is 14.8 Å². The summed E-state index contributed by atoms with van der Waals surface area (Å²) in [5.74, 6) is 0.183. The van der Waals surface area contributed by atoms with Crippen molar-refractivity contribution in [3.63, 3.8) is 0 Å². The van der Waals surface area contributed by atoms with Gasteiger partial charge in [-0.2, -0.15) is 0 Å². The molecule has 0 aliphatic carbocycles. The highest BCUT2D eigenvalue weighted by Gasteiger charge is 2.39. The number of likely N-dealkylation sites (tertiary alicyclic amines) is 1. The maximum atomic E-state index is 12.8. The van der Waals surface area contributed by atoms with E-state index < -0.39 is 5.66 Å². The fourth-order valence-corrected chi connectivity index (χ4v) is 5.70. The number of aromatic nitrogens is 1. The monoisotopic (exact) mass is 549 g/mol. The van der Waals surface area contributed by atoms with Gasteiger partial charge in [0.05, 0.1) is 28.9 Å². The third-order valence-corrected chi connectivity index (χ3v) is 7.85. The van der Waals surface area contributed by atoms with Crippen molar-refractivity contribution >= 4 is 60.9 Å². The van der Waals surface area contributed by atoms with Gasteiger partial charge in [0, 0.05) is 41.4 Å². The number of nitrogens with zero attached hydrogens (tertiary/aromatic N) is 4. The van der Waals surface area contributed by atoms with Crippen molar-refractivity contribution in [3.8, 4) is 0 Å². The summed E-state index contributed by atoms with van der Waals surface area (Å²) < 4.78 is 1.02. The van der Waals surface area contributed by atoms with Crippen LogP contribution in [0.15, 0.2) is 75.3 Å². The molecule has 6 nitrogen and oxygen atoms in total. The Morgan fingerprint density at radius 3 is 2.66 bits per heavy atom. The van der Waals surface area contributed by atoms with Gasteiger partial charge < -0.3 is 10.2 Å². The van der Waals surface area contributed by atoms with E-state index in [4.69, 9.17) is 9.98 Å². The predicted molar refractivity (Wildman–Crippen MR) is 150 cm³/mol. The van der Waals surface area contributed by atoms with Gasteiger partial charge in [-0.25, -0.2) is 4.99 Å². The first-order valence-corrected chi connectivity index (χ1v) is 13.8. The summed E-state index contributed by atoms with van der Waals surface area (Å²) in [6.07, 6.45) is 4.68. The SMILES string of the molecule is CCCN1CCC2(CC1)N=C(SCC(=O)Nc1cnc3ccccc3c1)C(c1ccc(Br)cc1)=N2. The Labute approximate surface area is 218 Å². The minimum Gasteiger partial charge on any atom is -0.324 e. The molecule has 3 aromatic rings. The van der Waals surface area contributed by atoms with Crippen LogP contribution in [0.2, 0.25) is 0 Å². The Kier molecular flexibility index (Phi) is 7.32. The molecule has 2 aromatic carbocycles. The Bertz CT molecular complexity index is 1280. The van der Waals surface area contributed by atoms with Crippen LogP contribution in [0.4, 0.5) is 5.69 Å². The number of piperidine rings is 1. The molecule has 1 saturated heterocycles. The summed E-state index contributed by atoms with van der Waals surface area (Å²) in [5.41, 5.74) is 3.13. The summed E-state index contributed by atoms with van der Waals surface area (Å²) in [6, 6.07) is 18.0. The molecule has 0 bridgehead atoms. The standard InChI is InChI=1S/C27H28BrN5OS/c1-2-13-33-14-11-27(12-15-33)31-25(19-7-9-21(28)10-8-19)26(32-27)35-18-24(34)30-22-16-20-5-3-4-6-23(20)29-17-22/h3-10,16-17H,2,11-15,18H2,1H3,(H,30,34). The van der Waals surface area contributed by atoms with Gasteiger partial charge in [-0.15, -0.1) is 0 Å². The third kappa shape index (κ3) is 5.66. The topological polar surface area (TPSA) is 70.0 Å². The lowest BCUT2D eigenvalue weighted by Crippen LogP contribution is -2.41. The molecule has 2 aliphatic heterocycles. The number of hydrogen-bond donors (Lipinski definition) is 1. The first-order chi connectivity index (χ1) is 17.0.